The van der Waals surface area contributed by atoms with E-state index in [0.29, 0.717) is 5.56 Å². The fraction of sp³-hybridized carbons (Fsp3) is 0.0714. The van der Waals surface area contributed by atoms with Gasteiger partial charge in [-0.2, -0.15) is 0 Å². The molecule has 0 bridgehead atoms. The molecule has 1 amide bonds. The van der Waals surface area contributed by atoms with Crippen molar-refractivity contribution in [2.75, 3.05) is 5.32 Å². The summed E-state index contributed by atoms with van der Waals surface area (Å²) in [5.41, 5.74) is 2.68. The second kappa shape index (κ2) is 6.01. The van der Waals surface area contributed by atoms with Crippen LogP contribution in [0.2, 0.25) is 0 Å². The Kier molecular flexibility index (Phi) is 4.60. The highest BCUT2D eigenvalue weighted by Gasteiger charge is 2.07. The molecule has 0 atom stereocenters. The van der Waals surface area contributed by atoms with Gasteiger partial charge in [0.25, 0.3) is 5.91 Å². The van der Waals surface area contributed by atoms with Gasteiger partial charge in [-0.15, -0.1) is 0 Å². The van der Waals surface area contributed by atoms with Gasteiger partial charge in [0.15, 0.2) is 0 Å². The lowest BCUT2D eigenvalue weighted by molar-refractivity contribution is 0.102. The number of hydrogen-bond donors (Lipinski definition) is 1. The van der Waals surface area contributed by atoms with Gasteiger partial charge in [-0.1, -0.05) is 6.07 Å². The molecule has 0 spiro atoms. The van der Waals surface area contributed by atoms with Crippen molar-refractivity contribution in [2.45, 2.75) is 6.92 Å². The molecule has 0 fully saturated rings. The molecule has 18 heavy (non-hydrogen) atoms. The zero-order valence-corrected chi connectivity index (χ0v) is 14.0. The first-order chi connectivity index (χ1) is 8.56. The normalized spacial score (nSPS) is 10.2. The van der Waals surface area contributed by atoms with Crippen molar-refractivity contribution in [1.82, 2.24) is 0 Å². The first-order valence-corrected chi connectivity index (χ1v) is 7.55. The Labute approximate surface area is 133 Å². The van der Waals surface area contributed by atoms with Gasteiger partial charge >= 0.3 is 0 Å². The third-order valence-electron chi connectivity index (χ3n) is 2.54. The third-order valence-corrected chi connectivity index (χ3v) is 4.42. The van der Waals surface area contributed by atoms with Crippen LogP contribution in [-0.2, 0) is 0 Å². The van der Waals surface area contributed by atoms with E-state index in [0.717, 1.165) is 12.8 Å². The van der Waals surface area contributed by atoms with Gasteiger partial charge in [0, 0.05) is 18.4 Å². The number of rotatable bonds is 2. The minimum absolute atomic E-state index is 0.0749. The van der Waals surface area contributed by atoms with Gasteiger partial charge in [-0.05, 0) is 94.1 Å². The SMILES string of the molecule is Cc1ccc(C(=O)Nc2ccc(I)cc2)cc1I. The summed E-state index contributed by atoms with van der Waals surface area (Å²) in [5.74, 6) is -0.0749. The molecule has 2 aromatic carbocycles. The van der Waals surface area contributed by atoms with Gasteiger partial charge in [0.05, 0.1) is 0 Å². The van der Waals surface area contributed by atoms with E-state index in [2.05, 4.69) is 50.5 Å². The number of anilines is 1. The van der Waals surface area contributed by atoms with Crippen molar-refractivity contribution in [3.63, 3.8) is 0 Å². The highest BCUT2D eigenvalue weighted by Crippen LogP contribution is 2.16. The first kappa shape index (κ1) is 13.8. The summed E-state index contributed by atoms with van der Waals surface area (Å²) in [6.45, 7) is 2.03. The average Bonchev–Trinajstić information content (AvgIpc) is 2.35. The highest BCUT2D eigenvalue weighted by molar-refractivity contribution is 14.1. The molecule has 0 aliphatic heterocycles. The largest absolute Gasteiger partial charge is 0.322 e. The summed E-state index contributed by atoms with van der Waals surface area (Å²) in [6, 6.07) is 13.4. The van der Waals surface area contributed by atoms with Gasteiger partial charge in [0.1, 0.15) is 0 Å². The second-order valence-electron chi connectivity index (χ2n) is 3.92. The number of hydrogen-bond acceptors (Lipinski definition) is 1. The Morgan fingerprint density at radius 1 is 1.06 bits per heavy atom. The van der Waals surface area contributed by atoms with Crippen LogP contribution in [-0.4, -0.2) is 5.91 Å². The maximum Gasteiger partial charge on any atom is 0.255 e. The van der Waals surface area contributed by atoms with Crippen molar-refractivity contribution in [3.8, 4) is 0 Å². The molecule has 2 aromatic rings. The van der Waals surface area contributed by atoms with Crippen molar-refractivity contribution < 1.29 is 4.79 Å². The van der Waals surface area contributed by atoms with Crippen LogP contribution in [0.25, 0.3) is 0 Å². The van der Waals surface area contributed by atoms with E-state index in [9.17, 15) is 4.79 Å². The lowest BCUT2D eigenvalue weighted by Crippen LogP contribution is -2.12. The Morgan fingerprint density at radius 2 is 1.72 bits per heavy atom. The van der Waals surface area contributed by atoms with Crippen molar-refractivity contribution in [2.24, 2.45) is 0 Å². The molecule has 1 N–H and O–H groups in total. The summed E-state index contributed by atoms with van der Waals surface area (Å²) in [6.07, 6.45) is 0. The second-order valence-corrected chi connectivity index (χ2v) is 6.33. The monoisotopic (exact) mass is 463 g/mol. The molecule has 0 aliphatic rings. The molecule has 0 aromatic heterocycles. The van der Waals surface area contributed by atoms with Crippen LogP contribution in [0.4, 0.5) is 5.69 Å². The van der Waals surface area contributed by atoms with Gasteiger partial charge in [-0.3, -0.25) is 4.79 Å². The Balaban J connectivity index is 2.16. The summed E-state index contributed by atoms with van der Waals surface area (Å²) in [7, 11) is 0. The lowest BCUT2D eigenvalue weighted by Gasteiger charge is -2.06. The molecule has 2 rings (SSSR count). The van der Waals surface area contributed by atoms with E-state index in [1.807, 2.05) is 49.4 Å². The molecule has 2 nitrogen and oxygen atoms in total. The molecular formula is C14H11I2NO. The minimum Gasteiger partial charge on any atom is -0.322 e. The quantitative estimate of drug-likeness (QED) is 0.656. The minimum atomic E-state index is -0.0749. The fourth-order valence-corrected chi connectivity index (χ4v) is 2.35. The van der Waals surface area contributed by atoms with Crippen LogP contribution in [0.1, 0.15) is 15.9 Å². The summed E-state index contributed by atoms with van der Waals surface area (Å²) in [4.78, 5) is 12.0. The number of halogens is 2. The molecule has 0 saturated carbocycles. The Bertz CT molecular complexity index is 579. The molecule has 0 saturated heterocycles. The number of amides is 1. The van der Waals surface area contributed by atoms with Crippen LogP contribution in [0, 0.1) is 14.1 Å². The zero-order chi connectivity index (χ0) is 13.1. The van der Waals surface area contributed by atoms with Crippen molar-refractivity contribution in [3.05, 3.63) is 60.7 Å². The maximum atomic E-state index is 12.0. The molecule has 0 unspecified atom stereocenters. The number of aryl methyl sites for hydroxylation is 1. The van der Waals surface area contributed by atoms with Crippen LogP contribution in [0.3, 0.4) is 0 Å². The number of benzene rings is 2. The molecule has 0 aliphatic carbocycles. The standard InChI is InChI=1S/C14H11I2NO/c1-9-2-3-10(8-13(9)16)14(18)17-12-6-4-11(15)5-7-12/h2-8H,1H3,(H,17,18). The van der Waals surface area contributed by atoms with E-state index < -0.39 is 0 Å². The van der Waals surface area contributed by atoms with E-state index in [1.165, 1.54) is 5.56 Å². The molecule has 4 heteroatoms. The van der Waals surface area contributed by atoms with Gasteiger partial charge in [-0.25, -0.2) is 0 Å². The van der Waals surface area contributed by atoms with E-state index >= 15 is 0 Å². The Hall–Kier alpha value is -0.630. The summed E-state index contributed by atoms with van der Waals surface area (Å²) in [5, 5.41) is 2.89. The van der Waals surface area contributed by atoms with Gasteiger partial charge < -0.3 is 5.32 Å². The first-order valence-electron chi connectivity index (χ1n) is 5.39. The summed E-state index contributed by atoms with van der Waals surface area (Å²) >= 11 is 4.47. The number of carbonyl (C=O) groups is 1. The lowest BCUT2D eigenvalue weighted by atomic mass is 10.1. The van der Waals surface area contributed by atoms with Crippen LogP contribution < -0.4 is 5.32 Å². The van der Waals surface area contributed by atoms with E-state index in [4.69, 9.17) is 0 Å². The average molecular weight is 463 g/mol. The Morgan fingerprint density at radius 3 is 2.33 bits per heavy atom. The third kappa shape index (κ3) is 3.44. The van der Waals surface area contributed by atoms with Crippen molar-refractivity contribution in [1.29, 1.82) is 0 Å². The zero-order valence-electron chi connectivity index (χ0n) is 9.71. The topological polar surface area (TPSA) is 29.1 Å². The van der Waals surface area contributed by atoms with E-state index in [-0.39, 0.29) is 5.91 Å². The smallest absolute Gasteiger partial charge is 0.255 e. The predicted octanol–water partition coefficient (Wildman–Crippen LogP) is 4.46. The van der Waals surface area contributed by atoms with Crippen LogP contribution >= 0.6 is 45.2 Å². The van der Waals surface area contributed by atoms with E-state index in [1.54, 1.807) is 0 Å². The van der Waals surface area contributed by atoms with Crippen LogP contribution in [0.15, 0.2) is 42.5 Å². The predicted molar refractivity (Wildman–Crippen MR) is 91.0 cm³/mol. The molecule has 92 valence electrons. The number of nitrogens with one attached hydrogen (secondary N) is 1. The maximum absolute atomic E-state index is 12.0. The number of carbonyl (C=O) groups excluding carboxylic acids is 1. The fourth-order valence-electron chi connectivity index (χ4n) is 1.47. The molecule has 0 heterocycles. The van der Waals surface area contributed by atoms with Gasteiger partial charge in [0.2, 0.25) is 0 Å². The van der Waals surface area contributed by atoms with Crippen LogP contribution in [0.5, 0.6) is 0 Å². The molecule has 0 radical (unpaired) electrons. The molecular weight excluding hydrogens is 452 g/mol. The highest BCUT2D eigenvalue weighted by atomic mass is 127. The van der Waals surface area contributed by atoms with Crippen molar-refractivity contribution >= 4 is 56.8 Å². The summed E-state index contributed by atoms with van der Waals surface area (Å²) < 4.78 is 2.25.